The molecular formula is C21H19N3O3S. The Balaban J connectivity index is 1.39. The summed E-state index contributed by atoms with van der Waals surface area (Å²) in [5.41, 5.74) is 5.75. The van der Waals surface area contributed by atoms with E-state index in [2.05, 4.69) is 16.2 Å². The quantitative estimate of drug-likeness (QED) is 0.458. The van der Waals surface area contributed by atoms with Crippen LogP contribution in [0.15, 0.2) is 72.8 Å². The number of ether oxygens (including phenoxy) is 1. The van der Waals surface area contributed by atoms with Crippen LogP contribution in [0.3, 0.4) is 0 Å². The highest BCUT2D eigenvalue weighted by Gasteiger charge is 2.08. The number of rotatable bonds is 5. The molecule has 0 spiro atoms. The Hall–Kier alpha value is -3.45. The van der Waals surface area contributed by atoms with E-state index in [0.717, 1.165) is 16.3 Å². The van der Waals surface area contributed by atoms with Gasteiger partial charge in [-0.3, -0.25) is 20.4 Å². The van der Waals surface area contributed by atoms with Gasteiger partial charge in [-0.25, -0.2) is 0 Å². The van der Waals surface area contributed by atoms with Crippen molar-refractivity contribution in [2.24, 2.45) is 0 Å². The van der Waals surface area contributed by atoms with Gasteiger partial charge in [-0.05, 0) is 40.7 Å². The van der Waals surface area contributed by atoms with Gasteiger partial charge in [-0.15, -0.1) is 0 Å². The van der Waals surface area contributed by atoms with Crippen LogP contribution < -0.4 is 20.9 Å². The Morgan fingerprint density at radius 1 is 0.821 bits per heavy atom. The van der Waals surface area contributed by atoms with Crippen LogP contribution >= 0.6 is 12.2 Å². The Bertz CT molecular complexity index is 992. The van der Waals surface area contributed by atoms with Crippen molar-refractivity contribution in [2.45, 2.75) is 6.42 Å². The van der Waals surface area contributed by atoms with Gasteiger partial charge in [-0.1, -0.05) is 60.7 Å². The highest BCUT2D eigenvalue weighted by Crippen LogP contribution is 2.20. The first-order chi connectivity index (χ1) is 13.6. The van der Waals surface area contributed by atoms with Crippen molar-refractivity contribution in [2.75, 3.05) is 6.61 Å². The van der Waals surface area contributed by atoms with Crippen molar-refractivity contribution >= 4 is 39.9 Å². The number of benzene rings is 3. The molecule has 0 radical (unpaired) electrons. The minimum absolute atomic E-state index is 0.0139. The van der Waals surface area contributed by atoms with Gasteiger partial charge >= 0.3 is 0 Å². The number of fused-ring (bicyclic) bond motifs is 1. The third-order valence-corrected chi connectivity index (χ3v) is 4.07. The minimum atomic E-state index is -0.423. The number of hydrogen-bond acceptors (Lipinski definition) is 4. The Labute approximate surface area is 167 Å². The molecule has 2 amide bonds. The van der Waals surface area contributed by atoms with Crippen LogP contribution in [0, 0.1) is 0 Å². The molecule has 0 saturated carbocycles. The minimum Gasteiger partial charge on any atom is -0.484 e. The highest BCUT2D eigenvalue weighted by molar-refractivity contribution is 7.80. The fourth-order valence-electron chi connectivity index (χ4n) is 2.55. The predicted molar refractivity (Wildman–Crippen MR) is 112 cm³/mol. The van der Waals surface area contributed by atoms with Crippen molar-refractivity contribution < 1.29 is 14.3 Å². The summed E-state index contributed by atoms with van der Waals surface area (Å²) >= 11 is 5.00. The molecule has 0 bridgehead atoms. The molecule has 3 aromatic rings. The Morgan fingerprint density at radius 3 is 2.32 bits per heavy atom. The van der Waals surface area contributed by atoms with E-state index in [-0.39, 0.29) is 24.0 Å². The number of amides is 2. The number of hydrazine groups is 1. The maximum atomic E-state index is 11.9. The summed E-state index contributed by atoms with van der Waals surface area (Å²) in [6, 6.07) is 22.8. The smallest absolute Gasteiger partial charge is 0.276 e. The van der Waals surface area contributed by atoms with Crippen LogP contribution in [0.25, 0.3) is 10.8 Å². The normalized spacial score (nSPS) is 10.1. The average Bonchev–Trinajstić information content (AvgIpc) is 2.71. The summed E-state index contributed by atoms with van der Waals surface area (Å²) in [4.78, 5) is 23.8. The number of carbonyl (C=O) groups is 2. The van der Waals surface area contributed by atoms with Gasteiger partial charge in [0.2, 0.25) is 5.91 Å². The zero-order chi connectivity index (χ0) is 19.8. The maximum Gasteiger partial charge on any atom is 0.276 e. The number of hydrogen-bond donors (Lipinski definition) is 3. The lowest BCUT2D eigenvalue weighted by Crippen LogP contribution is -2.49. The molecule has 28 heavy (non-hydrogen) atoms. The van der Waals surface area contributed by atoms with Gasteiger partial charge in [0.1, 0.15) is 5.75 Å². The van der Waals surface area contributed by atoms with Crippen LogP contribution in [-0.4, -0.2) is 23.5 Å². The zero-order valence-corrected chi connectivity index (χ0v) is 15.8. The molecule has 0 saturated heterocycles. The summed E-state index contributed by atoms with van der Waals surface area (Å²) in [6.07, 6.45) is 0.196. The second kappa shape index (κ2) is 9.48. The Kier molecular flexibility index (Phi) is 6.54. The van der Waals surface area contributed by atoms with E-state index >= 15 is 0 Å². The molecule has 0 aliphatic rings. The maximum absolute atomic E-state index is 11.9. The molecule has 3 N–H and O–H groups in total. The van der Waals surface area contributed by atoms with E-state index in [1.165, 1.54) is 0 Å². The summed E-state index contributed by atoms with van der Waals surface area (Å²) in [5, 5.41) is 4.64. The molecule has 0 heterocycles. The summed E-state index contributed by atoms with van der Waals surface area (Å²) < 4.78 is 5.49. The molecule has 0 unspecified atom stereocenters. The van der Waals surface area contributed by atoms with Gasteiger partial charge in [-0.2, -0.15) is 0 Å². The highest BCUT2D eigenvalue weighted by atomic mass is 32.1. The molecule has 3 rings (SSSR count). The molecule has 0 fully saturated rings. The van der Waals surface area contributed by atoms with E-state index < -0.39 is 5.91 Å². The standard InChI is InChI=1S/C21H19N3O3S/c25-19(12-15-6-2-1-3-7-15)22-21(28)24-23-20(26)14-27-18-11-10-16-8-4-5-9-17(16)13-18/h1-11,13H,12,14H2,(H,23,26)(H2,22,24,25,28). The number of nitrogens with one attached hydrogen (secondary N) is 3. The first kappa shape index (κ1) is 19.3. The molecule has 3 aromatic carbocycles. The van der Waals surface area contributed by atoms with E-state index in [1.54, 1.807) is 6.07 Å². The van der Waals surface area contributed by atoms with Crippen molar-refractivity contribution in [3.63, 3.8) is 0 Å². The van der Waals surface area contributed by atoms with Crippen molar-refractivity contribution in [1.82, 2.24) is 16.2 Å². The second-order valence-electron chi connectivity index (χ2n) is 6.01. The monoisotopic (exact) mass is 393 g/mol. The van der Waals surface area contributed by atoms with Gasteiger partial charge in [0.05, 0.1) is 6.42 Å². The fraction of sp³-hybridized carbons (Fsp3) is 0.0952. The lowest BCUT2D eigenvalue weighted by atomic mass is 10.1. The van der Waals surface area contributed by atoms with E-state index in [9.17, 15) is 9.59 Å². The van der Waals surface area contributed by atoms with Gasteiger partial charge in [0.15, 0.2) is 11.7 Å². The molecular weight excluding hydrogens is 374 g/mol. The topological polar surface area (TPSA) is 79.5 Å². The van der Waals surface area contributed by atoms with Crippen molar-refractivity contribution in [3.05, 3.63) is 78.4 Å². The van der Waals surface area contributed by atoms with Crippen LogP contribution in [0.2, 0.25) is 0 Å². The zero-order valence-electron chi connectivity index (χ0n) is 15.0. The largest absolute Gasteiger partial charge is 0.484 e. The van der Waals surface area contributed by atoms with Crippen LogP contribution in [0.5, 0.6) is 5.75 Å². The fourth-order valence-corrected chi connectivity index (χ4v) is 2.72. The SMILES string of the molecule is O=C(COc1ccc2ccccc2c1)NNC(=S)NC(=O)Cc1ccccc1. The predicted octanol–water partition coefficient (Wildman–Crippen LogP) is 2.48. The molecule has 0 aromatic heterocycles. The van der Waals surface area contributed by atoms with Gasteiger partial charge in [0.25, 0.3) is 5.91 Å². The third kappa shape index (κ3) is 5.78. The first-order valence-corrected chi connectivity index (χ1v) is 9.05. The average molecular weight is 393 g/mol. The van der Waals surface area contributed by atoms with E-state index in [0.29, 0.717) is 5.75 Å². The first-order valence-electron chi connectivity index (χ1n) is 8.64. The number of carbonyl (C=O) groups excluding carboxylic acids is 2. The molecule has 7 heteroatoms. The third-order valence-electron chi connectivity index (χ3n) is 3.87. The van der Waals surface area contributed by atoms with E-state index in [4.69, 9.17) is 17.0 Å². The van der Waals surface area contributed by atoms with Crippen molar-refractivity contribution in [3.8, 4) is 5.75 Å². The Morgan fingerprint density at radius 2 is 1.54 bits per heavy atom. The van der Waals surface area contributed by atoms with Crippen LogP contribution in [0.1, 0.15) is 5.56 Å². The lowest BCUT2D eigenvalue weighted by Gasteiger charge is -2.11. The van der Waals surface area contributed by atoms with E-state index in [1.807, 2.05) is 66.7 Å². The summed E-state index contributed by atoms with van der Waals surface area (Å²) in [5.74, 6) is -0.106. The number of thiocarbonyl (C=S) groups is 1. The van der Waals surface area contributed by atoms with Crippen molar-refractivity contribution in [1.29, 1.82) is 0 Å². The lowest BCUT2D eigenvalue weighted by molar-refractivity contribution is -0.124. The van der Waals surface area contributed by atoms with Crippen LogP contribution in [-0.2, 0) is 16.0 Å². The van der Waals surface area contributed by atoms with Gasteiger partial charge < -0.3 is 10.1 Å². The summed E-state index contributed by atoms with van der Waals surface area (Å²) in [6.45, 7) is -0.189. The molecule has 0 atom stereocenters. The second-order valence-corrected chi connectivity index (χ2v) is 6.42. The summed E-state index contributed by atoms with van der Waals surface area (Å²) in [7, 11) is 0. The molecule has 142 valence electrons. The van der Waals surface area contributed by atoms with Crippen LogP contribution in [0.4, 0.5) is 0 Å². The molecule has 0 aliphatic carbocycles. The van der Waals surface area contributed by atoms with Gasteiger partial charge in [0, 0.05) is 0 Å². The molecule has 6 nitrogen and oxygen atoms in total. The molecule has 0 aliphatic heterocycles.